The highest BCUT2D eigenvalue weighted by Crippen LogP contribution is 2.56. The molecule has 0 aliphatic carbocycles. The molecule has 0 N–H and O–H groups in total. The van der Waals surface area contributed by atoms with Crippen molar-refractivity contribution in [3.63, 3.8) is 0 Å². The first-order chi connectivity index (χ1) is 66.9. The maximum Gasteiger partial charge on any atom is 0.416 e. The van der Waals surface area contributed by atoms with E-state index >= 15 is 0 Å². The van der Waals surface area contributed by atoms with Gasteiger partial charge in [-0.15, -0.1) is 22.7 Å². The Bertz CT molecular complexity index is 9680. The first-order valence-corrected chi connectivity index (χ1v) is 45.3. The van der Waals surface area contributed by atoms with Gasteiger partial charge in [0.05, 0.1) is 111 Å². The number of nitrogens with zero attached hydrogens (tertiary/aromatic N) is 10. The number of aromatic nitrogens is 7. The number of benzene rings is 17. The molecule has 0 radical (unpaired) electrons. The Morgan fingerprint density at radius 3 is 0.717 bits per heavy atom. The molecule has 9 heterocycles. The second kappa shape index (κ2) is 30.4. The van der Waals surface area contributed by atoms with Crippen LogP contribution in [0.3, 0.4) is 0 Å². The van der Waals surface area contributed by atoms with Crippen molar-refractivity contribution in [1.29, 1.82) is 15.8 Å². The number of alkyl halides is 12. The number of rotatable bonds is 8. The highest BCUT2D eigenvalue weighted by atomic mass is 32.1. The van der Waals surface area contributed by atoms with Gasteiger partial charge in [0.1, 0.15) is 35.1 Å². The van der Waals surface area contributed by atoms with Gasteiger partial charge < -0.3 is 18.3 Å². The molecule has 0 bridgehead atoms. The van der Waals surface area contributed by atoms with Gasteiger partial charge in [-0.25, -0.2) is 4.98 Å². The van der Waals surface area contributed by atoms with Gasteiger partial charge in [-0.1, -0.05) is 218 Å². The molecule has 10 nitrogen and oxygen atoms in total. The summed E-state index contributed by atoms with van der Waals surface area (Å²) in [6.45, 7) is 0. The molecule has 0 aliphatic rings. The van der Waals surface area contributed by atoms with Crippen molar-refractivity contribution in [2.75, 3.05) is 0 Å². The molecule has 0 saturated carbocycles. The van der Waals surface area contributed by atoms with Crippen LogP contribution in [0.25, 0.3) is 228 Å². The molecule has 17 aromatic carbocycles. The van der Waals surface area contributed by atoms with Crippen molar-refractivity contribution in [2.24, 2.45) is 0 Å². The van der Waals surface area contributed by atoms with E-state index in [1.54, 1.807) is 78.9 Å². The van der Waals surface area contributed by atoms with Crippen LogP contribution >= 0.6 is 22.7 Å². The van der Waals surface area contributed by atoms with Crippen molar-refractivity contribution in [1.82, 2.24) is 32.4 Å². The topological polar surface area (TPSA) is 114 Å². The summed E-state index contributed by atoms with van der Waals surface area (Å²) >= 11 is 3.03. The summed E-state index contributed by atoms with van der Waals surface area (Å²) in [4.78, 5) is 5.76. The van der Waals surface area contributed by atoms with E-state index in [1.165, 1.54) is 46.9 Å². The Morgan fingerprint density at radius 1 is 0.210 bits per heavy atom. The van der Waals surface area contributed by atoms with E-state index in [2.05, 4.69) is 18.2 Å². The lowest BCUT2D eigenvalue weighted by Gasteiger charge is -2.26. The van der Waals surface area contributed by atoms with Crippen LogP contribution in [0.4, 0.5) is 52.7 Å². The third kappa shape index (κ3) is 12.2. The van der Waals surface area contributed by atoms with Gasteiger partial charge in [-0.05, 0) is 133 Å². The van der Waals surface area contributed by atoms with Gasteiger partial charge in [0.2, 0.25) is 0 Å². The second-order valence-electron chi connectivity index (χ2n) is 34.0. The van der Waals surface area contributed by atoms with E-state index in [9.17, 15) is 68.5 Å². The van der Waals surface area contributed by atoms with E-state index in [-0.39, 0.29) is 50.3 Å². The zero-order valence-electron chi connectivity index (χ0n) is 71.3. The summed E-state index contributed by atoms with van der Waals surface area (Å²) in [7, 11) is 0. The molecule has 24 heteroatoms. The molecule has 0 aliphatic heterocycles. The van der Waals surface area contributed by atoms with E-state index in [0.29, 0.717) is 110 Å². The summed E-state index contributed by atoms with van der Waals surface area (Å²) in [6, 6.07) is 109. The van der Waals surface area contributed by atoms with E-state index in [1.807, 2.05) is 228 Å². The minimum absolute atomic E-state index is 0.0843. The maximum atomic E-state index is 14.6. The summed E-state index contributed by atoms with van der Waals surface area (Å²) in [5.74, 6) is 0.499. The van der Waals surface area contributed by atoms with Crippen molar-refractivity contribution < 1.29 is 52.7 Å². The lowest BCUT2D eigenvalue weighted by molar-refractivity contribution is -0.138. The molecule has 0 unspecified atom stereocenters. The Labute approximate surface area is 780 Å². The van der Waals surface area contributed by atoms with Crippen LogP contribution in [-0.4, -0.2) is 32.4 Å². The van der Waals surface area contributed by atoms with Gasteiger partial charge >= 0.3 is 24.7 Å². The first-order valence-electron chi connectivity index (χ1n) is 43.7. The van der Waals surface area contributed by atoms with E-state index < -0.39 is 47.0 Å². The molecule has 0 fully saturated rings. The number of hydrogen-bond acceptors (Lipinski definition) is 6. The zero-order chi connectivity index (χ0) is 94.0. The number of pyridine rings is 1. The zero-order valence-corrected chi connectivity index (χ0v) is 72.9. The molecule has 0 atom stereocenters. The SMILES string of the molecule is N#Cc1c(-c2cccc3c2sc2ccccc23)c(C#N)c(-n2c3ccccc3c3cc(C(F)(F)F)ccc32)c(-c2cccc3c2sc2ccccc23)c1-n1c2ccccc2c2cc(C(F)(F)F)ccc21.N#Cc1c(-n2c3ccccc3c3ccccc32)c(-n2c3ccccc3c3cc(C(F)(F)F)ccc32)nc(-n2c3ccccc3c3ccccc32)c1-n1c2ccccc2c2cc(C(F)(F)F)ccc21. The van der Waals surface area contributed by atoms with Crippen LogP contribution in [0, 0.1) is 34.0 Å². The van der Waals surface area contributed by atoms with E-state index in [4.69, 9.17) is 4.98 Å². The maximum absolute atomic E-state index is 14.6. The minimum atomic E-state index is -4.67. The minimum Gasteiger partial charge on any atom is -0.307 e. The smallest absolute Gasteiger partial charge is 0.307 e. The summed E-state index contributed by atoms with van der Waals surface area (Å²) in [5.41, 5.74) is 6.49. The number of halogens is 12. The van der Waals surface area contributed by atoms with Gasteiger partial charge in [0.25, 0.3) is 0 Å². The predicted molar refractivity (Wildman–Crippen MR) is 528 cm³/mol. The Hall–Kier alpha value is -17.2. The van der Waals surface area contributed by atoms with Gasteiger partial charge in [0, 0.05) is 127 Å². The van der Waals surface area contributed by atoms with Crippen LogP contribution in [-0.2, 0) is 24.7 Å². The van der Waals surface area contributed by atoms with Gasteiger partial charge in [-0.2, -0.15) is 68.5 Å². The highest BCUT2D eigenvalue weighted by Gasteiger charge is 2.41. The van der Waals surface area contributed by atoms with Crippen LogP contribution < -0.4 is 0 Å². The molecule has 9 aromatic heterocycles. The number of thiophene rings is 2. The molecule has 0 amide bonds. The fourth-order valence-electron chi connectivity index (χ4n) is 21.0. The summed E-state index contributed by atoms with van der Waals surface area (Å²) in [6.07, 6.45) is -18.6. The molecule has 26 aromatic rings. The second-order valence-corrected chi connectivity index (χ2v) is 36.1. The molecular weight excluding hydrogens is 1800 g/mol. The van der Waals surface area contributed by atoms with Crippen molar-refractivity contribution in [3.8, 4) is 74.8 Å². The quantitative estimate of drug-likeness (QED) is 0.141. The Kier molecular flexibility index (Phi) is 18.2. The monoisotopic (exact) mass is 1860 g/mol. The molecule has 26 rings (SSSR count). The Balaban J connectivity index is 0.000000146. The normalized spacial score (nSPS) is 12.5. The summed E-state index contributed by atoms with van der Waals surface area (Å²) in [5, 5.41) is 46.7. The standard InChI is InChI=1S/C58H28F6N4S2.C56H30F6N6/c59-57(60,61)31-23-25-47-41(27-31)33-11-1-5-19-45(33)67(47)53-43(29-65)51(39-17-9-15-37-35-13-3-7-21-49(35)69-55(37)39)44(30-66)54(52(53)40-18-10-16-38-36-14-4-8-22-50(36)70-56(38)40)68-46-20-6-2-12-34(46)42-28-32(58(62,63)64)24-26-48(42)68;57-55(58,59)32-25-27-49-40(29-32)38-17-5-9-21-45(38)66(49)52-42(31-63)51(65-43-19-7-1-13-34(43)35-14-2-8-20-44(35)65)54(64-53(52)67-46-22-10-3-15-36(46)37-16-4-11-23-47(37)67)68-48-24-12-6-18-39(48)41-30-33(56(60,61)62)26-28-50(41)68/h1-28H;1-30H. The van der Waals surface area contributed by atoms with Crippen LogP contribution in [0.5, 0.6) is 0 Å². The predicted octanol–water partition coefficient (Wildman–Crippen LogP) is 33.1. The number of para-hydroxylation sites is 8. The lowest BCUT2D eigenvalue weighted by atomic mass is 9.85. The van der Waals surface area contributed by atoms with Crippen LogP contribution in [0.2, 0.25) is 0 Å². The van der Waals surface area contributed by atoms with Crippen LogP contribution in [0.1, 0.15) is 38.9 Å². The van der Waals surface area contributed by atoms with Gasteiger partial charge in [-0.3, -0.25) is 9.13 Å². The number of nitriles is 3. The molecule has 0 saturated heterocycles. The number of hydrogen-bond donors (Lipinski definition) is 0. The average molecular weight is 1860 g/mol. The highest BCUT2D eigenvalue weighted by molar-refractivity contribution is 7.26. The fraction of sp³-hybridized carbons (Fsp3) is 0.0351. The molecular formula is C114H58F12N10S2. The molecule has 138 heavy (non-hydrogen) atoms. The van der Waals surface area contributed by atoms with Crippen molar-refractivity contribution in [2.45, 2.75) is 24.7 Å². The average Bonchev–Trinajstić information content (AvgIpc) is 1.10. The third-order valence-corrected chi connectivity index (χ3v) is 29.2. The molecule has 660 valence electrons. The molecule has 0 spiro atoms. The van der Waals surface area contributed by atoms with Crippen molar-refractivity contribution in [3.05, 3.63) is 391 Å². The first kappa shape index (κ1) is 82.7. The van der Waals surface area contributed by atoms with Crippen LogP contribution in [0.15, 0.2) is 352 Å². The Morgan fingerprint density at radius 2 is 0.435 bits per heavy atom. The lowest BCUT2D eigenvalue weighted by Crippen LogP contribution is -2.16. The summed E-state index contributed by atoms with van der Waals surface area (Å²) < 4.78 is 190. The largest absolute Gasteiger partial charge is 0.416 e. The van der Waals surface area contributed by atoms with Crippen molar-refractivity contribution >= 4 is 194 Å². The fourth-order valence-corrected chi connectivity index (χ4v) is 23.5. The van der Waals surface area contributed by atoms with Gasteiger partial charge in [0.15, 0.2) is 11.6 Å². The number of fused-ring (bicyclic) bond motifs is 24. The third-order valence-electron chi connectivity index (χ3n) is 26.7. The van der Waals surface area contributed by atoms with E-state index in [0.717, 1.165) is 132 Å².